The number of ether oxygens (including phenoxy) is 1. The van der Waals surface area contributed by atoms with E-state index in [1.807, 2.05) is 0 Å². The summed E-state index contributed by atoms with van der Waals surface area (Å²) < 4.78 is 54.9. The van der Waals surface area contributed by atoms with Gasteiger partial charge in [-0.15, -0.1) is 0 Å². The standard InChI is InChI=1S/C11H10F4O2/c1-2-6-17-8-5-3-4-7(9(8)12)10(16)11(13,14)15/h3-5H,2,6H2,1H3. The summed E-state index contributed by atoms with van der Waals surface area (Å²) in [6, 6.07) is 3.11. The summed E-state index contributed by atoms with van der Waals surface area (Å²) in [4.78, 5) is 10.9. The number of alkyl halides is 3. The molecule has 0 radical (unpaired) electrons. The van der Waals surface area contributed by atoms with Gasteiger partial charge < -0.3 is 4.74 Å². The van der Waals surface area contributed by atoms with Gasteiger partial charge >= 0.3 is 6.18 Å². The zero-order valence-corrected chi connectivity index (χ0v) is 8.97. The predicted molar refractivity (Wildman–Crippen MR) is 52.6 cm³/mol. The van der Waals surface area contributed by atoms with Crippen LogP contribution in [-0.4, -0.2) is 18.6 Å². The molecule has 0 bridgehead atoms. The first-order valence-corrected chi connectivity index (χ1v) is 4.90. The lowest BCUT2D eigenvalue weighted by atomic mass is 10.1. The van der Waals surface area contributed by atoms with E-state index in [1.165, 1.54) is 6.07 Å². The fraction of sp³-hybridized carbons (Fsp3) is 0.364. The Kier molecular flexibility index (Phi) is 4.09. The Labute approximate surface area is 95.2 Å². The highest BCUT2D eigenvalue weighted by atomic mass is 19.4. The van der Waals surface area contributed by atoms with Crippen molar-refractivity contribution in [1.82, 2.24) is 0 Å². The molecule has 1 aromatic rings. The third kappa shape index (κ3) is 3.18. The number of carbonyl (C=O) groups is 1. The van der Waals surface area contributed by atoms with Gasteiger partial charge in [0.05, 0.1) is 12.2 Å². The number of hydrogen-bond donors (Lipinski definition) is 0. The molecule has 0 N–H and O–H groups in total. The van der Waals surface area contributed by atoms with Crippen LogP contribution < -0.4 is 4.74 Å². The van der Waals surface area contributed by atoms with Crippen LogP contribution in [-0.2, 0) is 0 Å². The minimum Gasteiger partial charge on any atom is -0.491 e. The molecule has 2 nitrogen and oxygen atoms in total. The number of Topliss-reactive ketones (excluding diaryl/α,β-unsaturated/α-hetero) is 1. The second-order valence-corrected chi connectivity index (χ2v) is 3.29. The van der Waals surface area contributed by atoms with Gasteiger partial charge in [0.2, 0.25) is 0 Å². The van der Waals surface area contributed by atoms with E-state index in [2.05, 4.69) is 0 Å². The zero-order valence-electron chi connectivity index (χ0n) is 8.97. The first-order chi connectivity index (χ1) is 7.88. The molecule has 0 aliphatic rings. The molecule has 0 fully saturated rings. The topological polar surface area (TPSA) is 26.3 Å². The summed E-state index contributed by atoms with van der Waals surface area (Å²) in [6.45, 7) is 1.93. The molecule has 1 rings (SSSR count). The Morgan fingerprint density at radius 1 is 1.35 bits per heavy atom. The molecule has 0 amide bonds. The Morgan fingerprint density at radius 3 is 2.53 bits per heavy atom. The Balaban J connectivity index is 3.06. The predicted octanol–water partition coefficient (Wildman–Crippen LogP) is 3.36. The van der Waals surface area contributed by atoms with Gasteiger partial charge in [0.1, 0.15) is 0 Å². The van der Waals surface area contributed by atoms with Crippen molar-refractivity contribution < 1.29 is 27.1 Å². The van der Waals surface area contributed by atoms with Crippen LogP contribution in [0.5, 0.6) is 5.75 Å². The summed E-state index contributed by atoms with van der Waals surface area (Å²) in [5.41, 5.74) is -1.02. The zero-order chi connectivity index (χ0) is 13.1. The van der Waals surface area contributed by atoms with Crippen molar-refractivity contribution in [3.05, 3.63) is 29.6 Å². The van der Waals surface area contributed by atoms with E-state index in [9.17, 15) is 22.4 Å². The molecule has 94 valence electrons. The molecule has 0 aromatic heterocycles. The quantitative estimate of drug-likeness (QED) is 0.605. The minimum atomic E-state index is -5.09. The smallest absolute Gasteiger partial charge is 0.454 e. The molecule has 0 saturated carbocycles. The van der Waals surface area contributed by atoms with E-state index < -0.39 is 23.3 Å². The van der Waals surface area contributed by atoms with Crippen LogP contribution in [0.2, 0.25) is 0 Å². The lowest BCUT2D eigenvalue weighted by Crippen LogP contribution is -2.24. The molecule has 0 unspecified atom stereocenters. The van der Waals surface area contributed by atoms with E-state index in [0.29, 0.717) is 6.42 Å². The van der Waals surface area contributed by atoms with Gasteiger partial charge in [-0.25, -0.2) is 4.39 Å². The average Bonchev–Trinajstić information content (AvgIpc) is 2.25. The van der Waals surface area contributed by atoms with E-state index >= 15 is 0 Å². The van der Waals surface area contributed by atoms with Crippen molar-refractivity contribution in [1.29, 1.82) is 0 Å². The first-order valence-electron chi connectivity index (χ1n) is 4.90. The average molecular weight is 250 g/mol. The highest BCUT2D eigenvalue weighted by Gasteiger charge is 2.41. The Morgan fingerprint density at radius 2 is 2.00 bits per heavy atom. The van der Waals surface area contributed by atoms with Gasteiger partial charge in [-0.1, -0.05) is 13.0 Å². The molecular formula is C11H10F4O2. The number of hydrogen-bond acceptors (Lipinski definition) is 2. The van der Waals surface area contributed by atoms with Gasteiger partial charge in [-0.3, -0.25) is 4.79 Å². The fourth-order valence-corrected chi connectivity index (χ4v) is 1.16. The van der Waals surface area contributed by atoms with E-state index in [-0.39, 0.29) is 12.4 Å². The van der Waals surface area contributed by atoms with Crippen LogP contribution >= 0.6 is 0 Å². The summed E-state index contributed by atoms with van der Waals surface area (Å²) in [5.74, 6) is -3.83. The van der Waals surface area contributed by atoms with Crippen LogP contribution in [0.25, 0.3) is 0 Å². The largest absolute Gasteiger partial charge is 0.491 e. The molecule has 0 spiro atoms. The number of rotatable bonds is 4. The molecule has 0 aliphatic heterocycles. The lowest BCUT2D eigenvalue weighted by molar-refractivity contribution is -0.0887. The molecule has 0 atom stereocenters. The summed E-state index contributed by atoms with van der Waals surface area (Å²) in [5, 5.41) is 0. The minimum absolute atomic E-state index is 0.167. The van der Waals surface area contributed by atoms with Crippen molar-refractivity contribution in [3.8, 4) is 5.75 Å². The molecular weight excluding hydrogens is 240 g/mol. The van der Waals surface area contributed by atoms with E-state index in [1.54, 1.807) is 6.92 Å². The maximum Gasteiger partial charge on any atom is 0.454 e. The van der Waals surface area contributed by atoms with Crippen LogP contribution in [0.15, 0.2) is 18.2 Å². The van der Waals surface area contributed by atoms with Crippen LogP contribution in [0, 0.1) is 5.82 Å². The lowest BCUT2D eigenvalue weighted by Gasteiger charge is -2.10. The van der Waals surface area contributed by atoms with Crippen molar-refractivity contribution >= 4 is 5.78 Å². The SMILES string of the molecule is CCCOc1cccc(C(=O)C(F)(F)F)c1F. The van der Waals surface area contributed by atoms with Crippen LogP contribution in [0.4, 0.5) is 17.6 Å². The number of ketones is 1. The maximum atomic E-state index is 13.5. The maximum absolute atomic E-state index is 13.5. The third-order valence-corrected chi connectivity index (χ3v) is 1.93. The van der Waals surface area contributed by atoms with Crippen molar-refractivity contribution in [3.63, 3.8) is 0 Å². The molecule has 0 saturated heterocycles. The number of halogens is 4. The number of benzene rings is 1. The molecule has 6 heteroatoms. The summed E-state index contributed by atoms with van der Waals surface area (Å²) in [7, 11) is 0. The van der Waals surface area contributed by atoms with Crippen molar-refractivity contribution in [2.24, 2.45) is 0 Å². The van der Waals surface area contributed by atoms with E-state index in [0.717, 1.165) is 12.1 Å². The summed E-state index contributed by atoms with van der Waals surface area (Å²) in [6.07, 6.45) is -4.51. The number of carbonyl (C=O) groups excluding carboxylic acids is 1. The molecule has 0 heterocycles. The highest BCUT2D eigenvalue weighted by Crippen LogP contribution is 2.27. The van der Waals surface area contributed by atoms with Gasteiger partial charge in [0, 0.05) is 0 Å². The third-order valence-electron chi connectivity index (χ3n) is 1.93. The monoisotopic (exact) mass is 250 g/mol. The van der Waals surface area contributed by atoms with Crippen LogP contribution in [0.1, 0.15) is 23.7 Å². The Bertz CT molecular complexity index is 412. The highest BCUT2D eigenvalue weighted by molar-refractivity contribution is 6.00. The van der Waals surface area contributed by atoms with Gasteiger partial charge in [-0.2, -0.15) is 13.2 Å². The molecule has 17 heavy (non-hydrogen) atoms. The second-order valence-electron chi connectivity index (χ2n) is 3.29. The fourth-order valence-electron chi connectivity index (χ4n) is 1.16. The second kappa shape index (κ2) is 5.16. The first kappa shape index (κ1) is 13.5. The molecule has 1 aromatic carbocycles. The normalized spacial score (nSPS) is 11.4. The van der Waals surface area contributed by atoms with E-state index in [4.69, 9.17) is 4.74 Å². The van der Waals surface area contributed by atoms with Crippen molar-refractivity contribution in [2.45, 2.75) is 19.5 Å². The van der Waals surface area contributed by atoms with Crippen LogP contribution in [0.3, 0.4) is 0 Å². The van der Waals surface area contributed by atoms with Gasteiger partial charge in [0.25, 0.3) is 5.78 Å². The van der Waals surface area contributed by atoms with Gasteiger partial charge in [0.15, 0.2) is 11.6 Å². The Hall–Kier alpha value is -1.59. The van der Waals surface area contributed by atoms with Crippen molar-refractivity contribution in [2.75, 3.05) is 6.61 Å². The molecule has 0 aliphatic carbocycles. The van der Waals surface area contributed by atoms with Gasteiger partial charge in [-0.05, 0) is 18.6 Å². The summed E-state index contributed by atoms with van der Waals surface area (Å²) >= 11 is 0.